The molecule has 0 spiro atoms. The zero-order valence-electron chi connectivity index (χ0n) is 16.2. The minimum Gasteiger partial charge on any atom is -0.356 e. The Morgan fingerprint density at radius 1 is 1.27 bits per heavy atom. The summed E-state index contributed by atoms with van der Waals surface area (Å²) < 4.78 is 2.02. The summed E-state index contributed by atoms with van der Waals surface area (Å²) in [6.07, 6.45) is 6.87. The highest BCUT2D eigenvalue weighted by Crippen LogP contribution is 2.17. The van der Waals surface area contributed by atoms with E-state index in [-0.39, 0.29) is 36.4 Å². The fraction of sp³-hybridized carbons (Fsp3) is 0.722. The first-order valence-electron chi connectivity index (χ1n) is 9.33. The first kappa shape index (κ1) is 22.7. The van der Waals surface area contributed by atoms with E-state index in [2.05, 4.69) is 39.0 Å². The fourth-order valence-electron chi connectivity index (χ4n) is 3.25. The van der Waals surface area contributed by atoms with E-state index in [0.717, 1.165) is 38.0 Å². The van der Waals surface area contributed by atoms with E-state index >= 15 is 0 Å². The lowest BCUT2D eigenvalue weighted by Crippen LogP contribution is -2.46. The highest BCUT2D eigenvalue weighted by Gasteiger charge is 2.15. The SMILES string of the molecule is CN=C(NCCCn1nc(C)cc1C)NCC(=O)NC1CCCCC1.I. The van der Waals surface area contributed by atoms with Gasteiger partial charge in [0.1, 0.15) is 0 Å². The van der Waals surface area contributed by atoms with Crippen LogP contribution < -0.4 is 16.0 Å². The number of hydrogen-bond acceptors (Lipinski definition) is 3. The Morgan fingerprint density at radius 3 is 2.62 bits per heavy atom. The summed E-state index contributed by atoms with van der Waals surface area (Å²) in [5.41, 5.74) is 2.23. The number of amides is 1. The quantitative estimate of drug-likeness (QED) is 0.244. The summed E-state index contributed by atoms with van der Waals surface area (Å²) in [5, 5.41) is 13.9. The topological polar surface area (TPSA) is 83.3 Å². The number of aliphatic imine (C=N–C) groups is 1. The van der Waals surface area contributed by atoms with Crippen LogP contribution in [0.25, 0.3) is 0 Å². The minimum absolute atomic E-state index is 0. The van der Waals surface area contributed by atoms with Crippen molar-refractivity contribution in [3.8, 4) is 0 Å². The average Bonchev–Trinajstić information content (AvgIpc) is 2.92. The molecule has 0 aromatic carbocycles. The molecule has 0 aliphatic heterocycles. The van der Waals surface area contributed by atoms with Gasteiger partial charge in [-0.15, -0.1) is 24.0 Å². The average molecular weight is 476 g/mol. The Morgan fingerprint density at radius 2 is 2.00 bits per heavy atom. The van der Waals surface area contributed by atoms with Crippen LogP contribution in [0.15, 0.2) is 11.1 Å². The molecule has 3 N–H and O–H groups in total. The molecule has 0 bridgehead atoms. The summed E-state index contributed by atoms with van der Waals surface area (Å²) in [4.78, 5) is 16.2. The predicted molar refractivity (Wildman–Crippen MR) is 116 cm³/mol. The van der Waals surface area contributed by atoms with Gasteiger partial charge < -0.3 is 16.0 Å². The van der Waals surface area contributed by atoms with Crippen molar-refractivity contribution in [3.05, 3.63) is 17.5 Å². The lowest BCUT2D eigenvalue weighted by molar-refractivity contribution is -0.120. The van der Waals surface area contributed by atoms with E-state index in [0.29, 0.717) is 12.0 Å². The number of guanidine groups is 1. The molecule has 26 heavy (non-hydrogen) atoms. The maximum absolute atomic E-state index is 12.0. The third kappa shape index (κ3) is 7.92. The van der Waals surface area contributed by atoms with Crippen molar-refractivity contribution in [1.29, 1.82) is 0 Å². The summed E-state index contributed by atoms with van der Waals surface area (Å²) >= 11 is 0. The van der Waals surface area contributed by atoms with Crippen LogP contribution in [0.5, 0.6) is 0 Å². The molecule has 1 fully saturated rings. The molecule has 1 amide bonds. The van der Waals surface area contributed by atoms with Gasteiger partial charge >= 0.3 is 0 Å². The second kappa shape index (κ2) is 12.1. The molecular formula is C18H33IN6O. The lowest BCUT2D eigenvalue weighted by atomic mass is 9.95. The van der Waals surface area contributed by atoms with E-state index in [1.807, 2.05) is 11.6 Å². The van der Waals surface area contributed by atoms with Crippen LogP contribution in [0.1, 0.15) is 49.9 Å². The van der Waals surface area contributed by atoms with Crippen molar-refractivity contribution in [2.45, 2.75) is 65.0 Å². The van der Waals surface area contributed by atoms with Gasteiger partial charge in [-0.05, 0) is 39.2 Å². The molecule has 148 valence electrons. The van der Waals surface area contributed by atoms with Crippen molar-refractivity contribution in [2.75, 3.05) is 20.1 Å². The number of aromatic nitrogens is 2. The summed E-state index contributed by atoms with van der Waals surface area (Å²) in [7, 11) is 1.72. The van der Waals surface area contributed by atoms with Gasteiger partial charge in [0.25, 0.3) is 0 Å². The minimum atomic E-state index is 0. The van der Waals surface area contributed by atoms with E-state index in [1.165, 1.54) is 25.0 Å². The largest absolute Gasteiger partial charge is 0.356 e. The molecule has 1 aromatic heterocycles. The van der Waals surface area contributed by atoms with Crippen molar-refractivity contribution in [1.82, 2.24) is 25.7 Å². The van der Waals surface area contributed by atoms with Crippen LogP contribution in [-0.2, 0) is 11.3 Å². The Labute approximate surface area is 173 Å². The van der Waals surface area contributed by atoms with Crippen LogP contribution in [0.2, 0.25) is 0 Å². The van der Waals surface area contributed by atoms with E-state index in [1.54, 1.807) is 7.05 Å². The van der Waals surface area contributed by atoms with Crippen molar-refractivity contribution in [3.63, 3.8) is 0 Å². The van der Waals surface area contributed by atoms with Gasteiger partial charge in [0, 0.05) is 31.9 Å². The normalized spacial score (nSPS) is 15.3. The Kier molecular flexibility index (Phi) is 10.6. The number of hydrogen-bond donors (Lipinski definition) is 3. The second-order valence-electron chi connectivity index (χ2n) is 6.76. The molecule has 1 aliphatic rings. The van der Waals surface area contributed by atoms with Gasteiger partial charge in [-0.2, -0.15) is 5.10 Å². The number of carbonyl (C=O) groups is 1. The molecule has 2 rings (SSSR count). The summed E-state index contributed by atoms with van der Waals surface area (Å²) in [5.74, 6) is 0.699. The van der Waals surface area contributed by atoms with Crippen LogP contribution in [0.4, 0.5) is 0 Å². The highest BCUT2D eigenvalue weighted by molar-refractivity contribution is 14.0. The van der Waals surface area contributed by atoms with Crippen molar-refractivity contribution in [2.24, 2.45) is 4.99 Å². The van der Waals surface area contributed by atoms with Crippen LogP contribution in [0.3, 0.4) is 0 Å². The number of nitrogens with zero attached hydrogens (tertiary/aromatic N) is 3. The molecule has 8 heteroatoms. The Balaban J connectivity index is 0.00000338. The summed E-state index contributed by atoms with van der Waals surface area (Å²) in [6, 6.07) is 2.43. The molecule has 0 atom stereocenters. The number of aryl methyl sites for hydroxylation is 3. The molecule has 7 nitrogen and oxygen atoms in total. The number of halogens is 1. The lowest BCUT2D eigenvalue weighted by Gasteiger charge is -2.23. The molecule has 0 saturated heterocycles. The fourth-order valence-corrected chi connectivity index (χ4v) is 3.25. The monoisotopic (exact) mass is 476 g/mol. The number of rotatable bonds is 7. The van der Waals surface area contributed by atoms with Gasteiger partial charge in [0.2, 0.25) is 5.91 Å². The van der Waals surface area contributed by atoms with E-state index < -0.39 is 0 Å². The molecule has 0 unspecified atom stereocenters. The first-order chi connectivity index (χ1) is 12.1. The van der Waals surface area contributed by atoms with Crippen LogP contribution >= 0.6 is 24.0 Å². The zero-order valence-corrected chi connectivity index (χ0v) is 18.5. The number of carbonyl (C=O) groups excluding carboxylic acids is 1. The summed E-state index contributed by atoms with van der Waals surface area (Å²) in [6.45, 7) is 5.98. The molecular weight excluding hydrogens is 443 g/mol. The highest BCUT2D eigenvalue weighted by atomic mass is 127. The smallest absolute Gasteiger partial charge is 0.239 e. The number of nitrogens with one attached hydrogen (secondary N) is 3. The Bertz CT molecular complexity index is 580. The molecule has 1 heterocycles. The molecule has 1 saturated carbocycles. The molecule has 1 aliphatic carbocycles. The van der Waals surface area contributed by atoms with Gasteiger partial charge in [0.15, 0.2) is 5.96 Å². The van der Waals surface area contributed by atoms with Crippen LogP contribution in [-0.4, -0.2) is 47.8 Å². The zero-order chi connectivity index (χ0) is 18.1. The van der Waals surface area contributed by atoms with Gasteiger partial charge in [0.05, 0.1) is 12.2 Å². The maximum Gasteiger partial charge on any atom is 0.239 e. The molecule has 0 radical (unpaired) electrons. The van der Waals surface area contributed by atoms with E-state index in [4.69, 9.17) is 0 Å². The molecule has 1 aromatic rings. The van der Waals surface area contributed by atoms with Gasteiger partial charge in [-0.25, -0.2) is 0 Å². The van der Waals surface area contributed by atoms with E-state index in [9.17, 15) is 4.79 Å². The predicted octanol–water partition coefficient (Wildman–Crippen LogP) is 2.12. The standard InChI is InChI=1S/C18H32N6O.HI/c1-14-12-15(2)24(23-14)11-7-10-20-18(19-3)21-13-17(25)22-16-8-5-4-6-9-16;/h12,16H,4-11,13H2,1-3H3,(H,22,25)(H2,19,20,21);1H. The third-order valence-corrected chi connectivity index (χ3v) is 4.55. The van der Waals surface area contributed by atoms with Crippen LogP contribution in [0, 0.1) is 13.8 Å². The second-order valence-corrected chi connectivity index (χ2v) is 6.76. The van der Waals surface area contributed by atoms with Crippen molar-refractivity contribution >= 4 is 35.8 Å². The Hall–Kier alpha value is -1.32. The maximum atomic E-state index is 12.0. The van der Waals surface area contributed by atoms with Gasteiger partial charge in [-0.1, -0.05) is 19.3 Å². The van der Waals surface area contributed by atoms with Crippen molar-refractivity contribution < 1.29 is 4.79 Å². The third-order valence-electron chi connectivity index (χ3n) is 4.55. The van der Waals surface area contributed by atoms with Gasteiger partial charge in [-0.3, -0.25) is 14.5 Å². The first-order valence-corrected chi connectivity index (χ1v) is 9.33.